The summed E-state index contributed by atoms with van der Waals surface area (Å²) in [5.74, 6) is -1.24. The van der Waals surface area contributed by atoms with E-state index in [2.05, 4.69) is 25.9 Å². The Morgan fingerprint density at radius 3 is 2.62 bits per heavy atom. The number of nitrogen functional groups attached to an aromatic ring is 1. The summed E-state index contributed by atoms with van der Waals surface area (Å²) in [7, 11) is 2.80. The first-order chi connectivity index (χ1) is 16.3. The number of aliphatic carboxylic acids is 1. The number of aromatic amines is 1. The number of benzene rings is 1. The van der Waals surface area contributed by atoms with Gasteiger partial charge in [0.05, 0.1) is 6.04 Å². The third kappa shape index (κ3) is 6.45. The Hall–Kier alpha value is -4.13. The monoisotopic (exact) mass is 475 g/mol. The van der Waals surface area contributed by atoms with Crippen molar-refractivity contribution in [3.8, 4) is 0 Å². The van der Waals surface area contributed by atoms with Gasteiger partial charge in [0, 0.05) is 44.9 Å². The first kappa shape index (κ1) is 26.1. The highest BCUT2D eigenvalue weighted by molar-refractivity contribution is 5.96. The molecule has 1 amide bonds. The summed E-state index contributed by atoms with van der Waals surface area (Å²) in [6.45, 7) is 1.05. The summed E-state index contributed by atoms with van der Waals surface area (Å²) in [6, 6.07) is 5.38. The number of H-pyrrole nitrogens is 1. The highest BCUT2D eigenvalue weighted by atomic mass is 16.4. The molecule has 2 aromatic rings. The number of rotatable bonds is 9. The number of hydrogen-bond donors (Lipinski definition) is 7. The van der Waals surface area contributed by atoms with Crippen LogP contribution >= 0.6 is 0 Å². The van der Waals surface area contributed by atoms with Gasteiger partial charge in [-0.25, -0.2) is 4.79 Å². The molecule has 8 N–H and O–H groups in total. The average Bonchev–Trinajstić information content (AvgIpc) is 2.82. The number of nitrogens with zero attached hydrogens (tertiary/aromatic N) is 2. The molecule has 0 aliphatic carbocycles. The number of aliphatic hydroxyl groups is 1. The zero-order valence-electron chi connectivity index (χ0n) is 18.9. The second kappa shape index (κ2) is 12.2. The second-order valence-corrected chi connectivity index (χ2v) is 7.36. The standard InChI is InChI=1S/C20H25N7O5.CH4O/c1-27-13(10-23-16-15(27)18(30)26-20(21)25-16)9-22-12-6-4-11(5-7-12)17(29)24-14(19(31)32)3-2-8-28;1-2/h4-8,13-14,22H,2-3,9-10H2,1H3,(H,24,29)(H,31,32)(H4,21,23,25,26,30);2H,1H3. The van der Waals surface area contributed by atoms with Gasteiger partial charge in [-0.2, -0.15) is 4.98 Å². The molecular weight excluding hydrogens is 446 g/mol. The number of aldehydes is 1. The molecule has 0 radical (unpaired) electrons. The molecule has 2 atom stereocenters. The molecule has 2 unspecified atom stereocenters. The molecule has 2 heterocycles. The number of nitrogens with two attached hydrogens (primary N) is 1. The van der Waals surface area contributed by atoms with Gasteiger partial charge in [0.2, 0.25) is 5.95 Å². The molecule has 34 heavy (non-hydrogen) atoms. The smallest absolute Gasteiger partial charge is 0.326 e. The molecular formula is C21H29N7O6. The molecule has 1 aromatic heterocycles. The van der Waals surface area contributed by atoms with Crippen LogP contribution in [0.1, 0.15) is 23.2 Å². The highest BCUT2D eigenvalue weighted by Gasteiger charge is 2.27. The number of nitrogens with one attached hydrogen (secondary N) is 4. The number of carbonyl (C=O) groups excluding carboxylic acids is 2. The van der Waals surface area contributed by atoms with Crippen molar-refractivity contribution in [2.45, 2.75) is 24.9 Å². The lowest BCUT2D eigenvalue weighted by Crippen LogP contribution is -2.48. The fraction of sp³-hybridized carbons (Fsp3) is 0.381. The largest absolute Gasteiger partial charge is 0.480 e. The van der Waals surface area contributed by atoms with Crippen LogP contribution in [0.15, 0.2) is 29.1 Å². The first-order valence-electron chi connectivity index (χ1n) is 10.4. The number of amides is 1. The molecule has 13 heteroatoms. The summed E-state index contributed by atoms with van der Waals surface area (Å²) in [4.78, 5) is 54.6. The fourth-order valence-electron chi connectivity index (χ4n) is 3.39. The number of likely N-dealkylation sites (N-methyl/N-ethyl adjacent to an activating group) is 1. The van der Waals surface area contributed by atoms with Gasteiger partial charge in [-0.05, 0) is 30.7 Å². The number of anilines is 4. The van der Waals surface area contributed by atoms with E-state index in [1.807, 2.05) is 4.90 Å². The Balaban J connectivity index is 0.00000199. The van der Waals surface area contributed by atoms with Crippen molar-refractivity contribution in [2.24, 2.45) is 0 Å². The van der Waals surface area contributed by atoms with Crippen LogP contribution in [0.5, 0.6) is 0 Å². The van der Waals surface area contributed by atoms with Gasteiger partial charge in [0.25, 0.3) is 11.5 Å². The Kier molecular flexibility index (Phi) is 9.38. The number of fused-ring (bicyclic) bond motifs is 1. The van der Waals surface area contributed by atoms with Crippen molar-refractivity contribution in [3.05, 3.63) is 40.2 Å². The molecule has 13 nitrogen and oxygen atoms in total. The van der Waals surface area contributed by atoms with Gasteiger partial charge >= 0.3 is 5.97 Å². The summed E-state index contributed by atoms with van der Waals surface area (Å²) in [6.07, 6.45) is 0.689. The molecule has 1 aromatic carbocycles. The predicted molar refractivity (Wildman–Crippen MR) is 127 cm³/mol. The minimum Gasteiger partial charge on any atom is -0.480 e. The van der Waals surface area contributed by atoms with Gasteiger partial charge < -0.3 is 41.6 Å². The van der Waals surface area contributed by atoms with Gasteiger partial charge in [-0.15, -0.1) is 0 Å². The van der Waals surface area contributed by atoms with Crippen LogP contribution in [-0.4, -0.2) is 77.7 Å². The molecule has 0 bridgehead atoms. The SMILES string of the molecule is CN1c2c(nc(N)[nH]c2=O)NCC1CNc1ccc(C(=O)NC(CCC=O)C(=O)O)cc1.CO. The van der Waals surface area contributed by atoms with E-state index in [1.165, 1.54) is 0 Å². The van der Waals surface area contributed by atoms with Crippen LogP contribution in [0.4, 0.5) is 23.1 Å². The van der Waals surface area contributed by atoms with E-state index >= 15 is 0 Å². The van der Waals surface area contributed by atoms with E-state index < -0.39 is 17.9 Å². The van der Waals surface area contributed by atoms with Crippen LogP contribution < -0.4 is 32.1 Å². The molecule has 1 aliphatic heterocycles. The Morgan fingerprint density at radius 1 is 1.32 bits per heavy atom. The maximum atomic E-state index is 12.3. The van der Waals surface area contributed by atoms with Crippen molar-refractivity contribution in [3.63, 3.8) is 0 Å². The lowest BCUT2D eigenvalue weighted by molar-refractivity contribution is -0.139. The molecule has 0 saturated carbocycles. The Morgan fingerprint density at radius 2 is 2.00 bits per heavy atom. The predicted octanol–water partition coefficient (Wildman–Crippen LogP) is -0.535. The second-order valence-electron chi connectivity index (χ2n) is 7.36. The number of hydrogen-bond acceptors (Lipinski definition) is 10. The molecule has 0 spiro atoms. The van der Waals surface area contributed by atoms with Gasteiger partial charge in [0.1, 0.15) is 18.0 Å². The van der Waals surface area contributed by atoms with Crippen molar-refractivity contribution in [2.75, 3.05) is 48.5 Å². The molecule has 0 saturated heterocycles. The van der Waals surface area contributed by atoms with E-state index in [-0.39, 0.29) is 30.4 Å². The van der Waals surface area contributed by atoms with Crippen molar-refractivity contribution >= 4 is 41.3 Å². The lowest BCUT2D eigenvalue weighted by Gasteiger charge is -2.35. The van der Waals surface area contributed by atoms with Crippen LogP contribution in [-0.2, 0) is 9.59 Å². The summed E-state index contributed by atoms with van der Waals surface area (Å²) >= 11 is 0. The van der Waals surface area contributed by atoms with Gasteiger partial charge in [-0.1, -0.05) is 0 Å². The molecule has 1 aliphatic rings. The maximum absolute atomic E-state index is 12.3. The summed E-state index contributed by atoms with van der Waals surface area (Å²) in [5.41, 5.74) is 6.72. The number of aromatic nitrogens is 2. The minimum absolute atomic E-state index is 0.0290. The Bertz CT molecular complexity index is 1060. The van der Waals surface area contributed by atoms with Crippen LogP contribution in [0.2, 0.25) is 0 Å². The average molecular weight is 476 g/mol. The number of carboxylic acids is 1. The van der Waals surface area contributed by atoms with Crippen LogP contribution in [0.3, 0.4) is 0 Å². The molecule has 184 valence electrons. The van der Waals surface area contributed by atoms with Crippen molar-refractivity contribution in [1.29, 1.82) is 0 Å². The van der Waals surface area contributed by atoms with Crippen LogP contribution in [0.25, 0.3) is 0 Å². The zero-order chi connectivity index (χ0) is 25.3. The summed E-state index contributed by atoms with van der Waals surface area (Å²) in [5, 5.41) is 24.9. The van der Waals surface area contributed by atoms with Gasteiger partial charge in [-0.3, -0.25) is 14.6 Å². The topological polar surface area (TPSA) is 203 Å². The zero-order valence-corrected chi connectivity index (χ0v) is 18.9. The molecule has 3 rings (SSSR count). The highest BCUT2D eigenvalue weighted by Crippen LogP contribution is 2.25. The van der Waals surface area contributed by atoms with E-state index in [0.29, 0.717) is 36.4 Å². The van der Waals surface area contributed by atoms with Gasteiger partial charge in [0.15, 0.2) is 5.82 Å². The minimum atomic E-state index is -1.19. The quantitative estimate of drug-likeness (QED) is 0.230. The van der Waals surface area contributed by atoms with Crippen molar-refractivity contribution in [1.82, 2.24) is 15.3 Å². The first-order valence-corrected chi connectivity index (χ1v) is 10.4. The third-order valence-corrected chi connectivity index (χ3v) is 5.18. The normalized spacial score (nSPS) is 15.0. The van der Waals surface area contributed by atoms with E-state index in [9.17, 15) is 19.2 Å². The van der Waals surface area contributed by atoms with E-state index in [0.717, 1.165) is 12.8 Å². The molecule has 0 fully saturated rings. The lowest BCUT2D eigenvalue weighted by atomic mass is 10.1. The number of carboxylic acid groups (broad SMARTS) is 1. The van der Waals surface area contributed by atoms with E-state index in [1.54, 1.807) is 31.3 Å². The number of carbonyl (C=O) groups is 3. The van der Waals surface area contributed by atoms with E-state index in [4.69, 9.17) is 15.9 Å². The number of aliphatic hydroxyl groups excluding tert-OH is 1. The Labute approximate surface area is 195 Å². The van der Waals surface area contributed by atoms with Crippen molar-refractivity contribution < 1.29 is 24.6 Å². The maximum Gasteiger partial charge on any atom is 0.326 e. The third-order valence-electron chi connectivity index (χ3n) is 5.18. The van der Waals surface area contributed by atoms with Crippen LogP contribution in [0, 0.1) is 0 Å². The summed E-state index contributed by atoms with van der Waals surface area (Å²) < 4.78 is 0. The fourth-order valence-corrected chi connectivity index (χ4v) is 3.39.